The Kier molecular flexibility index (Phi) is 3.46. The molecule has 4 unspecified atom stereocenters. The molecular weight excluding hydrogens is 295 g/mol. The number of aliphatic hydroxyl groups is 1. The van der Waals surface area contributed by atoms with E-state index in [2.05, 4.69) is 15.9 Å². The van der Waals surface area contributed by atoms with E-state index in [1.165, 1.54) is 37.8 Å². The highest BCUT2D eigenvalue weighted by Crippen LogP contribution is 2.50. The smallest absolute Gasteiger partial charge is 0.123 e. The second kappa shape index (κ2) is 4.93. The van der Waals surface area contributed by atoms with Crippen molar-refractivity contribution in [2.24, 2.45) is 17.8 Å². The quantitative estimate of drug-likeness (QED) is 0.896. The molecule has 0 aromatic heterocycles. The molecule has 2 fully saturated rings. The molecule has 98 valence electrons. The predicted octanol–water partition coefficient (Wildman–Crippen LogP) is 3.93. The SMILES string of the molecule is OC(Cc1cc(F)ccc1Br)C1CC2CCC1C2. The van der Waals surface area contributed by atoms with E-state index in [0.717, 1.165) is 16.0 Å². The zero-order valence-corrected chi connectivity index (χ0v) is 11.9. The number of benzene rings is 1. The van der Waals surface area contributed by atoms with Gasteiger partial charge in [0, 0.05) is 4.47 Å². The van der Waals surface area contributed by atoms with E-state index in [1.54, 1.807) is 6.07 Å². The number of fused-ring (bicyclic) bond motifs is 2. The lowest BCUT2D eigenvalue weighted by molar-refractivity contribution is 0.0749. The van der Waals surface area contributed by atoms with Crippen LogP contribution in [0.2, 0.25) is 0 Å². The third kappa shape index (κ3) is 2.35. The van der Waals surface area contributed by atoms with Crippen LogP contribution in [0.4, 0.5) is 4.39 Å². The first-order valence-corrected chi connectivity index (χ1v) is 7.55. The van der Waals surface area contributed by atoms with Crippen molar-refractivity contribution >= 4 is 15.9 Å². The summed E-state index contributed by atoms with van der Waals surface area (Å²) in [4.78, 5) is 0. The van der Waals surface area contributed by atoms with Crippen LogP contribution in [0.15, 0.2) is 22.7 Å². The first kappa shape index (κ1) is 12.6. The fourth-order valence-corrected chi connectivity index (χ4v) is 4.25. The van der Waals surface area contributed by atoms with Crippen LogP contribution in [-0.2, 0) is 6.42 Å². The lowest BCUT2D eigenvalue weighted by Gasteiger charge is -2.27. The van der Waals surface area contributed by atoms with Crippen molar-refractivity contribution in [1.82, 2.24) is 0 Å². The van der Waals surface area contributed by atoms with E-state index >= 15 is 0 Å². The summed E-state index contributed by atoms with van der Waals surface area (Å²) in [5, 5.41) is 10.4. The summed E-state index contributed by atoms with van der Waals surface area (Å²) in [5.74, 6) is 1.75. The normalized spacial score (nSPS) is 31.8. The molecule has 1 aromatic rings. The highest BCUT2D eigenvalue weighted by atomic mass is 79.9. The molecule has 2 aliphatic rings. The van der Waals surface area contributed by atoms with E-state index < -0.39 is 0 Å². The van der Waals surface area contributed by atoms with Gasteiger partial charge in [-0.15, -0.1) is 0 Å². The van der Waals surface area contributed by atoms with Gasteiger partial charge in [0.1, 0.15) is 5.82 Å². The van der Waals surface area contributed by atoms with Crippen molar-refractivity contribution in [1.29, 1.82) is 0 Å². The second-order valence-corrected chi connectivity index (χ2v) is 6.70. The van der Waals surface area contributed by atoms with E-state index in [-0.39, 0.29) is 11.9 Å². The molecule has 1 nitrogen and oxygen atoms in total. The summed E-state index contributed by atoms with van der Waals surface area (Å²) >= 11 is 3.43. The van der Waals surface area contributed by atoms with Crippen molar-refractivity contribution < 1.29 is 9.50 Å². The van der Waals surface area contributed by atoms with Gasteiger partial charge in [0.2, 0.25) is 0 Å². The Balaban J connectivity index is 1.70. The fourth-order valence-electron chi connectivity index (χ4n) is 3.84. The number of hydrogen-bond acceptors (Lipinski definition) is 1. The van der Waals surface area contributed by atoms with Crippen molar-refractivity contribution in [3.63, 3.8) is 0 Å². The van der Waals surface area contributed by atoms with Gasteiger partial charge in [-0.2, -0.15) is 0 Å². The van der Waals surface area contributed by atoms with Crippen molar-refractivity contribution in [2.45, 2.75) is 38.2 Å². The molecular formula is C15H18BrFO. The summed E-state index contributed by atoms with van der Waals surface area (Å²) in [6.07, 6.45) is 5.32. The topological polar surface area (TPSA) is 20.2 Å². The highest BCUT2D eigenvalue weighted by molar-refractivity contribution is 9.10. The van der Waals surface area contributed by atoms with Crippen LogP contribution in [0.1, 0.15) is 31.2 Å². The van der Waals surface area contributed by atoms with Gasteiger partial charge in [-0.1, -0.05) is 22.4 Å². The standard InChI is InChI=1S/C15H18BrFO/c16-14-4-3-12(17)7-11(14)8-15(18)13-6-9-1-2-10(13)5-9/h3-4,7,9-10,13,15,18H,1-2,5-6,8H2. The summed E-state index contributed by atoms with van der Waals surface area (Å²) in [6.45, 7) is 0. The van der Waals surface area contributed by atoms with Gasteiger partial charge in [0.05, 0.1) is 6.10 Å². The molecule has 0 heterocycles. The van der Waals surface area contributed by atoms with Gasteiger partial charge in [-0.3, -0.25) is 0 Å². The van der Waals surface area contributed by atoms with Gasteiger partial charge in [-0.05, 0) is 67.2 Å². The number of halogens is 2. The molecule has 4 atom stereocenters. The maximum absolute atomic E-state index is 13.2. The molecule has 1 aromatic carbocycles. The Morgan fingerprint density at radius 1 is 1.33 bits per heavy atom. The summed E-state index contributed by atoms with van der Waals surface area (Å²) in [6, 6.07) is 4.69. The average Bonchev–Trinajstić information content (AvgIpc) is 2.96. The third-order valence-corrected chi connectivity index (χ3v) is 5.50. The molecule has 0 radical (unpaired) electrons. The minimum atomic E-state index is -0.321. The van der Waals surface area contributed by atoms with Crippen LogP contribution >= 0.6 is 15.9 Å². The van der Waals surface area contributed by atoms with Gasteiger partial charge in [-0.25, -0.2) is 4.39 Å². The Morgan fingerprint density at radius 2 is 2.17 bits per heavy atom. The van der Waals surface area contributed by atoms with Crippen LogP contribution in [0.3, 0.4) is 0 Å². The lowest BCUT2D eigenvalue weighted by Crippen LogP contribution is -2.27. The first-order valence-electron chi connectivity index (χ1n) is 6.75. The van der Waals surface area contributed by atoms with Gasteiger partial charge in [0.15, 0.2) is 0 Å². The molecule has 0 aliphatic heterocycles. The molecule has 2 bridgehead atoms. The largest absolute Gasteiger partial charge is 0.392 e. The Hall–Kier alpha value is -0.410. The second-order valence-electron chi connectivity index (χ2n) is 5.85. The highest BCUT2D eigenvalue weighted by Gasteiger charge is 2.42. The van der Waals surface area contributed by atoms with Crippen molar-refractivity contribution in [3.8, 4) is 0 Å². The summed E-state index contributed by atoms with van der Waals surface area (Å²) in [7, 11) is 0. The maximum Gasteiger partial charge on any atom is 0.123 e. The predicted molar refractivity (Wildman–Crippen MR) is 72.7 cm³/mol. The minimum absolute atomic E-state index is 0.228. The van der Waals surface area contributed by atoms with Gasteiger partial charge in [0.25, 0.3) is 0 Å². The molecule has 0 saturated heterocycles. The minimum Gasteiger partial charge on any atom is -0.392 e. The van der Waals surface area contributed by atoms with Crippen LogP contribution in [0.25, 0.3) is 0 Å². The van der Waals surface area contributed by atoms with Gasteiger partial charge < -0.3 is 5.11 Å². The molecule has 0 spiro atoms. The fraction of sp³-hybridized carbons (Fsp3) is 0.600. The molecule has 2 saturated carbocycles. The average molecular weight is 313 g/mol. The van der Waals surface area contributed by atoms with E-state index in [4.69, 9.17) is 0 Å². The van der Waals surface area contributed by atoms with E-state index in [0.29, 0.717) is 18.3 Å². The Labute approximate surface area is 116 Å². The number of hydrogen-bond donors (Lipinski definition) is 1. The molecule has 18 heavy (non-hydrogen) atoms. The van der Waals surface area contributed by atoms with Crippen LogP contribution in [0, 0.1) is 23.6 Å². The van der Waals surface area contributed by atoms with Crippen molar-refractivity contribution in [3.05, 3.63) is 34.1 Å². The molecule has 1 N–H and O–H groups in total. The third-order valence-electron chi connectivity index (χ3n) is 4.72. The zero-order chi connectivity index (χ0) is 12.7. The molecule has 2 aliphatic carbocycles. The monoisotopic (exact) mass is 312 g/mol. The van der Waals surface area contributed by atoms with E-state index in [1.807, 2.05) is 0 Å². The Bertz CT molecular complexity index is 448. The zero-order valence-electron chi connectivity index (χ0n) is 10.3. The summed E-state index contributed by atoms with van der Waals surface area (Å²) in [5.41, 5.74) is 0.880. The molecule has 0 amide bonds. The Morgan fingerprint density at radius 3 is 2.83 bits per heavy atom. The van der Waals surface area contributed by atoms with Crippen LogP contribution in [-0.4, -0.2) is 11.2 Å². The lowest BCUT2D eigenvalue weighted by atomic mass is 9.82. The number of rotatable bonds is 3. The van der Waals surface area contributed by atoms with Gasteiger partial charge >= 0.3 is 0 Å². The molecule has 3 heteroatoms. The first-order chi connectivity index (χ1) is 8.63. The van der Waals surface area contributed by atoms with Crippen LogP contribution < -0.4 is 0 Å². The number of aliphatic hydroxyl groups excluding tert-OH is 1. The maximum atomic E-state index is 13.2. The summed E-state index contributed by atoms with van der Waals surface area (Å²) < 4.78 is 14.1. The molecule has 3 rings (SSSR count). The van der Waals surface area contributed by atoms with E-state index in [9.17, 15) is 9.50 Å². The van der Waals surface area contributed by atoms with Crippen LogP contribution in [0.5, 0.6) is 0 Å². The van der Waals surface area contributed by atoms with Crippen molar-refractivity contribution in [2.75, 3.05) is 0 Å².